The van der Waals surface area contributed by atoms with Gasteiger partial charge in [-0.1, -0.05) is 36.4 Å². The quantitative estimate of drug-likeness (QED) is 0.758. The average Bonchev–Trinajstić information content (AvgIpc) is 3.31. The van der Waals surface area contributed by atoms with Crippen molar-refractivity contribution in [2.45, 2.75) is 58.0 Å². The Bertz CT molecular complexity index is 842. The molecule has 0 spiro atoms. The minimum atomic E-state index is 0.0905. The summed E-state index contributed by atoms with van der Waals surface area (Å²) in [6, 6.07) is 15.2. The predicted molar refractivity (Wildman–Crippen MR) is 116 cm³/mol. The number of nitrogens with one attached hydrogen (secondary N) is 1. The maximum atomic E-state index is 12.3. The Kier molecular flexibility index (Phi) is 6.50. The molecule has 4 rings (SSSR count). The number of hydrogen-bond acceptors (Lipinski definition) is 3. The molecule has 1 saturated heterocycles. The zero-order valence-corrected chi connectivity index (χ0v) is 17.5. The molecular formula is C25H32N2O2. The van der Waals surface area contributed by atoms with Crippen LogP contribution in [-0.4, -0.2) is 30.5 Å². The third-order valence-corrected chi connectivity index (χ3v) is 6.25. The molecule has 29 heavy (non-hydrogen) atoms. The second-order valence-electron chi connectivity index (χ2n) is 8.32. The minimum Gasteiger partial charge on any atom is -0.483 e. The van der Waals surface area contributed by atoms with E-state index in [2.05, 4.69) is 36.5 Å². The number of hydrogen-bond donors (Lipinski definition) is 1. The van der Waals surface area contributed by atoms with E-state index in [1.807, 2.05) is 23.1 Å². The van der Waals surface area contributed by atoms with E-state index in [0.29, 0.717) is 6.54 Å². The van der Waals surface area contributed by atoms with Crippen LogP contribution in [0.15, 0.2) is 42.5 Å². The van der Waals surface area contributed by atoms with Crippen LogP contribution in [0, 0.1) is 0 Å². The molecule has 4 nitrogen and oxygen atoms in total. The Labute approximate surface area is 174 Å². The summed E-state index contributed by atoms with van der Waals surface area (Å²) in [5.41, 5.74) is 5.47. The van der Waals surface area contributed by atoms with E-state index in [1.165, 1.54) is 42.4 Å². The molecule has 2 aromatic carbocycles. The molecule has 2 aromatic rings. The van der Waals surface area contributed by atoms with Gasteiger partial charge in [-0.25, -0.2) is 0 Å². The molecule has 1 aliphatic heterocycles. The molecule has 1 atom stereocenters. The van der Waals surface area contributed by atoms with Gasteiger partial charge in [-0.3, -0.25) is 4.79 Å². The molecule has 0 bridgehead atoms. The van der Waals surface area contributed by atoms with Crippen molar-refractivity contribution in [2.75, 3.05) is 19.7 Å². The number of ether oxygens (including phenoxy) is 1. The number of aryl methyl sites for hydroxylation is 2. The summed E-state index contributed by atoms with van der Waals surface area (Å²) < 4.78 is 5.89. The van der Waals surface area contributed by atoms with E-state index in [9.17, 15) is 4.79 Å². The van der Waals surface area contributed by atoms with Crippen LogP contribution < -0.4 is 10.1 Å². The smallest absolute Gasteiger partial charge is 0.260 e. The fourth-order valence-corrected chi connectivity index (χ4v) is 4.39. The highest BCUT2D eigenvalue weighted by molar-refractivity contribution is 5.78. The highest BCUT2D eigenvalue weighted by Gasteiger charge is 2.19. The zero-order valence-electron chi connectivity index (χ0n) is 17.5. The molecule has 4 heteroatoms. The van der Waals surface area contributed by atoms with E-state index in [1.54, 1.807) is 0 Å². The molecule has 1 aliphatic carbocycles. The van der Waals surface area contributed by atoms with Crippen molar-refractivity contribution in [3.05, 3.63) is 64.7 Å². The van der Waals surface area contributed by atoms with Crippen molar-refractivity contribution < 1.29 is 9.53 Å². The highest BCUT2D eigenvalue weighted by atomic mass is 16.5. The van der Waals surface area contributed by atoms with E-state index < -0.39 is 0 Å². The molecule has 0 aromatic heterocycles. The van der Waals surface area contributed by atoms with Gasteiger partial charge in [-0.05, 0) is 68.2 Å². The molecule has 2 aliphatic rings. The summed E-state index contributed by atoms with van der Waals surface area (Å²) >= 11 is 0. The number of benzene rings is 2. The van der Waals surface area contributed by atoms with Gasteiger partial charge in [-0.15, -0.1) is 0 Å². The first-order valence-electron chi connectivity index (χ1n) is 11.0. The van der Waals surface area contributed by atoms with Gasteiger partial charge in [0, 0.05) is 31.2 Å². The minimum absolute atomic E-state index is 0.0905. The second-order valence-corrected chi connectivity index (χ2v) is 8.32. The Morgan fingerprint density at radius 3 is 2.62 bits per heavy atom. The Balaban J connectivity index is 1.35. The van der Waals surface area contributed by atoms with Crippen LogP contribution in [-0.2, 0) is 24.2 Å². The summed E-state index contributed by atoms with van der Waals surface area (Å²) in [6.07, 6.45) is 7.26. The molecule has 0 radical (unpaired) electrons. The summed E-state index contributed by atoms with van der Waals surface area (Å²) in [7, 11) is 0. The zero-order chi connectivity index (χ0) is 20.1. The van der Waals surface area contributed by atoms with Gasteiger partial charge in [0.1, 0.15) is 5.75 Å². The first-order chi connectivity index (χ1) is 14.2. The van der Waals surface area contributed by atoms with Crippen LogP contribution in [0.3, 0.4) is 0 Å². The van der Waals surface area contributed by atoms with Crippen LogP contribution in [0.4, 0.5) is 0 Å². The summed E-state index contributed by atoms with van der Waals surface area (Å²) in [5.74, 6) is 0.887. The fraction of sp³-hybridized carbons (Fsp3) is 0.480. The van der Waals surface area contributed by atoms with Crippen molar-refractivity contribution in [1.82, 2.24) is 10.2 Å². The molecule has 1 heterocycles. The number of fused-ring (bicyclic) bond motifs is 1. The van der Waals surface area contributed by atoms with Crippen LogP contribution in [0.5, 0.6) is 5.75 Å². The van der Waals surface area contributed by atoms with Gasteiger partial charge in [-0.2, -0.15) is 0 Å². The fourth-order valence-electron chi connectivity index (χ4n) is 4.39. The summed E-state index contributed by atoms with van der Waals surface area (Å²) in [4.78, 5) is 14.2. The maximum absolute atomic E-state index is 12.3. The predicted octanol–water partition coefficient (Wildman–Crippen LogP) is 4.42. The lowest BCUT2D eigenvalue weighted by atomic mass is 9.89. The lowest BCUT2D eigenvalue weighted by molar-refractivity contribution is -0.132. The number of rotatable bonds is 7. The van der Waals surface area contributed by atoms with Crippen LogP contribution in [0.2, 0.25) is 0 Å². The molecule has 154 valence electrons. The monoisotopic (exact) mass is 392 g/mol. The number of nitrogens with zero attached hydrogens (tertiary/aromatic N) is 1. The largest absolute Gasteiger partial charge is 0.483 e. The number of carbonyl (C=O) groups excluding carboxylic acids is 1. The van der Waals surface area contributed by atoms with Gasteiger partial charge in [0.05, 0.1) is 0 Å². The van der Waals surface area contributed by atoms with E-state index in [0.717, 1.165) is 37.2 Å². The standard InChI is InChI=1S/C25H32N2O2/c1-19(21-13-12-20-8-2-3-9-22(20)16-21)26-17-23-10-4-5-11-24(23)29-18-25(28)27-14-6-7-15-27/h4-5,10-13,16,19,26H,2-3,6-9,14-15,17-18H2,1H3. The first-order valence-corrected chi connectivity index (χ1v) is 11.0. The first kappa shape index (κ1) is 20.0. The number of para-hydroxylation sites is 1. The van der Waals surface area contributed by atoms with Crippen molar-refractivity contribution in [3.8, 4) is 5.75 Å². The van der Waals surface area contributed by atoms with E-state index >= 15 is 0 Å². The van der Waals surface area contributed by atoms with Crippen LogP contribution in [0.25, 0.3) is 0 Å². The van der Waals surface area contributed by atoms with Gasteiger partial charge < -0.3 is 15.0 Å². The van der Waals surface area contributed by atoms with Gasteiger partial charge >= 0.3 is 0 Å². The van der Waals surface area contributed by atoms with E-state index in [4.69, 9.17) is 4.74 Å². The molecule has 1 N–H and O–H groups in total. The highest BCUT2D eigenvalue weighted by Crippen LogP contribution is 2.25. The number of amides is 1. The molecular weight excluding hydrogens is 360 g/mol. The third kappa shape index (κ3) is 4.99. The topological polar surface area (TPSA) is 41.6 Å². The summed E-state index contributed by atoms with van der Waals surface area (Å²) in [6.45, 7) is 4.78. The number of carbonyl (C=O) groups is 1. The normalized spacial score (nSPS) is 17.1. The third-order valence-electron chi connectivity index (χ3n) is 6.25. The van der Waals surface area contributed by atoms with Crippen molar-refractivity contribution in [3.63, 3.8) is 0 Å². The Hall–Kier alpha value is -2.33. The van der Waals surface area contributed by atoms with Gasteiger partial charge in [0.25, 0.3) is 5.91 Å². The summed E-state index contributed by atoms with van der Waals surface area (Å²) in [5, 5.41) is 3.63. The lowest BCUT2D eigenvalue weighted by Crippen LogP contribution is -2.32. The molecule has 0 saturated carbocycles. The molecule has 1 amide bonds. The van der Waals surface area contributed by atoms with Crippen molar-refractivity contribution >= 4 is 5.91 Å². The van der Waals surface area contributed by atoms with Crippen LogP contribution in [0.1, 0.15) is 60.9 Å². The van der Waals surface area contributed by atoms with Crippen molar-refractivity contribution in [2.24, 2.45) is 0 Å². The van der Waals surface area contributed by atoms with Crippen molar-refractivity contribution in [1.29, 1.82) is 0 Å². The van der Waals surface area contributed by atoms with Gasteiger partial charge in [0.2, 0.25) is 0 Å². The Morgan fingerprint density at radius 2 is 1.79 bits per heavy atom. The van der Waals surface area contributed by atoms with Crippen LogP contribution >= 0.6 is 0 Å². The molecule has 1 unspecified atom stereocenters. The number of likely N-dealkylation sites (tertiary alicyclic amines) is 1. The van der Waals surface area contributed by atoms with E-state index in [-0.39, 0.29) is 18.6 Å². The van der Waals surface area contributed by atoms with Gasteiger partial charge in [0.15, 0.2) is 6.61 Å². The maximum Gasteiger partial charge on any atom is 0.260 e. The second kappa shape index (κ2) is 9.45. The average molecular weight is 393 g/mol. The lowest BCUT2D eigenvalue weighted by Gasteiger charge is -2.21. The SMILES string of the molecule is CC(NCc1ccccc1OCC(=O)N1CCCC1)c1ccc2c(c1)CCCC2. The Morgan fingerprint density at radius 1 is 1.03 bits per heavy atom. The molecule has 1 fully saturated rings.